The molecule has 2 aliphatic heterocycles. The van der Waals surface area contributed by atoms with E-state index in [2.05, 4.69) is 4.98 Å². The molecule has 0 radical (unpaired) electrons. The number of nitrogens with one attached hydrogen (secondary N) is 1. The zero-order valence-corrected chi connectivity index (χ0v) is 17.2. The maximum Gasteiger partial charge on any atom is 0.269 e. The van der Waals surface area contributed by atoms with Crippen LogP contribution in [0, 0.1) is 10.1 Å². The number of nitrogens with zero attached hydrogens (tertiary/aromatic N) is 3. The molecule has 1 saturated heterocycles. The first-order valence-corrected chi connectivity index (χ1v) is 10.5. The van der Waals surface area contributed by atoms with Crippen molar-refractivity contribution in [1.82, 2.24) is 14.8 Å². The minimum atomic E-state index is -0.703. The predicted molar refractivity (Wildman–Crippen MR) is 116 cm³/mol. The van der Waals surface area contributed by atoms with Gasteiger partial charge in [-0.2, -0.15) is 0 Å². The Balaban J connectivity index is 1.68. The van der Waals surface area contributed by atoms with E-state index in [0.29, 0.717) is 24.9 Å². The largest absolute Gasteiger partial charge is 0.396 e. The number of aliphatic hydroxyl groups excluding tert-OH is 1. The third-order valence-electron chi connectivity index (χ3n) is 6.33. The van der Waals surface area contributed by atoms with Gasteiger partial charge in [-0.25, -0.2) is 0 Å². The highest BCUT2D eigenvalue weighted by molar-refractivity contribution is 5.97. The van der Waals surface area contributed by atoms with E-state index >= 15 is 0 Å². The smallest absolute Gasteiger partial charge is 0.269 e. The van der Waals surface area contributed by atoms with Crippen LogP contribution in [0.15, 0.2) is 48.5 Å². The molecule has 2 N–H and O–H groups in total. The summed E-state index contributed by atoms with van der Waals surface area (Å²) in [5, 5.41) is 21.5. The lowest BCUT2D eigenvalue weighted by atomic mass is 9.86. The van der Waals surface area contributed by atoms with Crippen molar-refractivity contribution in [3.05, 3.63) is 75.5 Å². The fourth-order valence-electron chi connectivity index (χ4n) is 4.93. The molecular formula is C23H22N4O5. The minimum Gasteiger partial charge on any atom is -0.396 e. The number of carbonyl (C=O) groups is 2. The van der Waals surface area contributed by atoms with Gasteiger partial charge in [-0.3, -0.25) is 19.7 Å². The summed E-state index contributed by atoms with van der Waals surface area (Å²) >= 11 is 0. The van der Waals surface area contributed by atoms with Crippen molar-refractivity contribution in [1.29, 1.82) is 0 Å². The molecule has 9 heteroatoms. The van der Waals surface area contributed by atoms with Crippen LogP contribution in [-0.2, 0) is 16.0 Å². The number of hydrogen-bond donors (Lipinski definition) is 2. The van der Waals surface area contributed by atoms with Gasteiger partial charge in [-0.05, 0) is 23.6 Å². The second-order valence-electron chi connectivity index (χ2n) is 8.18. The van der Waals surface area contributed by atoms with Gasteiger partial charge in [-0.1, -0.05) is 30.3 Å². The monoisotopic (exact) mass is 434 g/mol. The van der Waals surface area contributed by atoms with Crippen LogP contribution in [0.4, 0.5) is 5.69 Å². The van der Waals surface area contributed by atoms with Crippen LogP contribution in [0.2, 0.25) is 0 Å². The minimum absolute atomic E-state index is 0.0603. The molecule has 2 aromatic carbocycles. The maximum absolute atomic E-state index is 13.4. The molecule has 3 heterocycles. The Labute approximate surface area is 183 Å². The number of non-ortho nitro benzene ring substituents is 1. The number of hydrogen-bond acceptors (Lipinski definition) is 5. The Hall–Kier alpha value is -3.72. The molecule has 2 atom stereocenters. The number of piperazine rings is 1. The van der Waals surface area contributed by atoms with Gasteiger partial charge >= 0.3 is 0 Å². The van der Waals surface area contributed by atoms with Gasteiger partial charge in [0.2, 0.25) is 11.8 Å². The van der Waals surface area contributed by atoms with Crippen LogP contribution < -0.4 is 0 Å². The van der Waals surface area contributed by atoms with Crippen molar-refractivity contribution in [3.8, 4) is 0 Å². The number of aromatic nitrogens is 1. The number of aromatic amines is 1. The third-order valence-corrected chi connectivity index (χ3v) is 6.33. The summed E-state index contributed by atoms with van der Waals surface area (Å²) in [5.74, 6) is -0.377. The summed E-state index contributed by atoms with van der Waals surface area (Å²) in [6.45, 7) is 0.180. The van der Waals surface area contributed by atoms with Crippen LogP contribution in [0.5, 0.6) is 0 Å². The van der Waals surface area contributed by atoms with Crippen molar-refractivity contribution < 1.29 is 19.6 Å². The Morgan fingerprint density at radius 2 is 1.97 bits per heavy atom. The fraction of sp³-hybridized carbons (Fsp3) is 0.304. The van der Waals surface area contributed by atoms with E-state index in [0.717, 1.165) is 22.2 Å². The van der Waals surface area contributed by atoms with Gasteiger partial charge in [0, 0.05) is 48.3 Å². The Kier molecular flexibility index (Phi) is 4.90. The zero-order chi connectivity index (χ0) is 22.4. The van der Waals surface area contributed by atoms with Gasteiger partial charge in [0.1, 0.15) is 6.04 Å². The Morgan fingerprint density at radius 1 is 1.16 bits per heavy atom. The first-order chi connectivity index (χ1) is 15.5. The number of nitro groups is 1. The molecule has 9 nitrogen and oxygen atoms in total. The SMILES string of the molecule is O=C1[C@@H]2Cc3c([nH]c4ccccc34)[C@@H](c3cccc([N+](=O)[O-])c3)N2C(=O)CN1CCCO. The number of H-pyrrole nitrogens is 1. The van der Waals surface area contributed by atoms with Crippen LogP contribution in [0.1, 0.15) is 29.3 Å². The number of carbonyl (C=O) groups excluding carboxylic acids is 2. The lowest BCUT2D eigenvalue weighted by Gasteiger charge is -2.47. The van der Waals surface area contributed by atoms with Crippen molar-refractivity contribution in [3.63, 3.8) is 0 Å². The van der Waals surface area contributed by atoms with Crippen molar-refractivity contribution in [2.75, 3.05) is 19.7 Å². The third kappa shape index (κ3) is 3.13. The highest BCUT2D eigenvalue weighted by Crippen LogP contribution is 2.43. The standard InChI is InChI=1S/C23H22N4O5/c28-10-4-9-25-13-20(29)26-19(23(25)30)12-17-16-7-1-2-8-18(16)24-21(17)22(26)14-5-3-6-15(11-14)27(31)32/h1-3,5-8,11,19,22,24,28H,4,9-10,12-13H2/t19-,22+/m0/s1. The molecule has 0 bridgehead atoms. The summed E-state index contributed by atoms with van der Waals surface area (Å²) in [5.41, 5.74) is 3.14. The van der Waals surface area contributed by atoms with Crippen molar-refractivity contribution >= 4 is 28.4 Å². The van der Waals surface area contributed by atoms with Crippen LogP contribution >= 0.6 is 0 Å². The molecule has 2 amide bonds. The molecule has 0 aliphatic carbocycles. The van der Waals surface area contributed by atoms with Crippen LogP contribution in [0.25, 0.3) is 10.9 Å². The molecule has 2 aliphatic rings. The van der Waals surface area contributed by atoms with E-state index in [1.54, 1.807) is 17.0 Å². The van der Waals surface area contributed by atoms with Gasteiger partial charge in [-0.15, -0.1) is 0 Å². The van der Waals surface area contributed by atoms with Crippen LogP contribution in [-0.4, -0.2) is 62.4 Å². The first kappa shape index (κ1) is 20.2. The fourth-order valence-corrected chi connectivity index (χ4v) is 4.93. The van der Waals surface area contributed by atoms with E-state index in [-0.39, 0.29) is 30.7 Å². The van der Waals surface area contributed by atoms with E-state index in [4.69, 9.17) is 0 Å². The molecule has 1 fully saturated rings. The summed E-state index contributed by atoms with van der Waals surface area (Å²) < 4.78 is 0. The number of aliphatic hydroxyl groups is 1. The number of rotatable bonds is 5. The lowest BCUT2D eigenvalue weighted by molar-refractivity contribution is -0.384. The van der Waals surface area contributed by atoms with Crippen LogP contribution in [0.3, 0.4) is 0 Å². The second kappa shape index (κ2) is 7.76. The summed E-state index contributed by atoms with van der Waals surface area (Å²) in [4.78, 5) is 44.1. The summed E-state index contributed by atoms with van der Waals surface area (Å²) in [7, 11) is 0. The number of amides is 2. The van der Waals surface area contributed by atoms with E-state index in [1.807, 2.05) is 24.3 Å². The molecular weight excluding hydrogens is 412 g/mol. The predicted octanol–water partition coefficient (Wildman–Crippen LogP) is 2.14. The first-order valence-electron chi connectivity index (χ1n) is 10.5. The van der Waals surface area contributed by atoms with Gasteiger partial charge < -0.3 is 19.9 Å². The molecule has 164 valence electrons. The summed E-state index contributed by atoms with van der Waals surface area (Å²) in [6, 6.07) is 12.7. The topological polar surface area (TPSA) is 120 Å². The lowest BCUT2D eigenvalue weighted by Crippen LogP contribution is -2.63. The highest BCUT2D eigenvalue weighted by Gasteiger charge is 2.48. The summed E-state index contributed by atoms with van der Waals surface area (Å²) in [6.07, 6.45) is 0.767. The number of benzene rings is 2. The normalized spacial score (nSPS) is 20.4. The molecule has 32 heavy (non-hydrogen) atoms. The average Bonchev–Trinajstić information content (AvgIpc) is 3.17. The Bertz CT molecular complexity index is 1240. The molecule has 0 saturated carbocycles. The highest BCUT2D eigenvalue weighted by atomic mass is 16.6. The molecule has 5 rings (SSSR count). The Morgan fingerprint density at radius 3 is 2.75 bits per heavy atom. The molecule has 3 aromatic rings. The molecule has 1 aromatic heterocycles. The number of nitro benzene ring substituents is 1. The van der Waals surface area contributed by atoms with E-state index in [1.165, 1.54) is 17.0 Å². The van der Waals surface area contributed by atoms with E-state index < -0.39 is 17.0 Å². The van der Waals surface area contributed by atoms with Crippen molar-refractivity contribution in [2.45, 2.75) is 24.9 Å². The second-order valence-corrected chi connectivity index (χ2v) is 8.18. The average molecular weight is 434 g/mol. The van der Waals surface area contributed by atoms with Gasteiger partial charge in [0.25, 0.3) is 5.69 Å². The van der Waals surface area contributed by atoms with E-state index in [9.17, 15) is 24.8 Å². The number of fused-ring (bicyclic) bond motifs is 4. The molecule has 0 unspecified atom stereocenters. The maximum atomic E-state index is 13.4. The van der Waals surface area contributed by atoms with Crippen molar-refractivity contribution in [2.24, 2.45) is 0 Å². The van der Waals surface area contributed by atoms with Gasteiger partial charge in [0.15, 0.2) is 0 Å². The molecule has 0 spiro atoms. The number of para-hydroxylation sites is 1. The van der Waals surface area contributed by atoms with Gasteiger partial charge in [0.05, 0.1) is 17.5 Å². The zero-order valence-electron chi connectivity index (χ0n) is 17.2. The quantitative estimate of drug-likeness (QED) is 0.471.